The van der Waals surface area contributed by atoms with Gasteiger partial charge in [0, 0.05) is 28.9 Å². The molecule has 46 heavy (non-hydrogen) atoms. The van der Waals surface area contributed by atoms with Crippen molar-refractivity contribution in [2.24, 2.45) is 0 Å². The van der Waals surface area contributed by atoms with E-state index in [1.807, 2.05) is 34.7 Å². The molecular formula is C32H19Br3Cl2I2N2O5. The highest BCUT2D eigenvalue weighted by atomic mass is 127. The van der Waals surface area contributed by atoms with E-state index in [2.05, 4.69) is 81.0 Å². The standard InChI is InChI=1S/C19H11Cl2I2NO3.C13H8Br3NO2/c20-10-1-4-13(5-2-10)27-17-6-3-12(9-15(17)21)24-19(26)14-7-11(22)8-16(23)18(14)25;14-7-1-3-9(4-2-7)17-13(19)10-5-8(15)6-11(16)12(10)18/h1-9,25H,(H,24,26);1-6,18H,(H,17,19). The fourth-order valence-electron chi connectivity index (χ4n) is 3.70. The fourth-order valence-corrected chi connectivity index (χ4v) is 7.38. The molecule has 0 fully saturated rings. The van der Waals surface area contributed by atoms with Crippen LogP contribution in [0.15, 0.2) is 104 Å². The SMILES string of the molecule is O=C(Nc1ccc(Br)cc1)c1cc(Br)cc(Br)c1O.O=C(Nc1ccc(Oc2ccc(Cl)cc2)c(Cl)c1)c1cc(I)cc(I)c1O. The molecule has 14 heteroatoms. The molecule has 5 rings (SSSR count). The van der Waals surface area contributed by atoms with Crippen molar-refractivity contribution in [2.75, 3.05) is 10.6 Å². The van der Waals surface area contributed by atoms with Gasteiger partial charge in [-0.15, -0.1) is 0 Å². The molecule has 0 aliphatic heterocycles. The molecular weight excluding hydrogens is 1060 g/mol. The second kappa shape index (κ2) is 16.8. The smallest absolute Gasteiger partial charge is 0.259 e. The van der Waals surface area contributed by atoms with Crippen molar-refractivity contribution in [3.63, 3.8) is 0 Å². The van der Waals surface area contributed by atoms with Gasteiger partial charge in [0.05, 0.1) is 24.2 Å². The minimum absolute atomic E-state index is 0.0534. The number of phenols is 2. The van der Waals surface area contributed by atoms with Gasteiger partial charge in [-0.2, -0.15) is 0 Å². The highest BCUT2D eigenvalue weighted by Gasteiger charge is 2.17. The van der Waals surface area contributed by atoms with Crippen LogP contribution in [0.3, 0.4) is 0 Å². The van der Waals surface area contributed by atoms with Crippen LogP contribution in [0.4, 0.5) is 11.4 Å². The van der Waals surface area contributed by atoms with E-state index in [4.69, 9.17) is 27.9 Å². The van der Waals surface area contributed by atoms with E-state index in [0.29, 0.717) is 45.4 Å². The van der Waals surface area contributed by atoms with Crippen molar-refractivity contribution in [1.29, 1.82) is 0 Å². The number of carbonyl (C=O) groups excluding carboxylic acids is 2. The maximum absolute atomic E-state index is 12.5. The summed E-state index contributed by atoms with van der Waals surface area (Å²) in [5.74, 6) is 0.105. The Hall–Kier alpha value is -2.08. The van der Waals surface area contributed by atoms with E-state index in [1.54, 1.807) is 78.9 Å². The molecule has 0 aliphatic carbocycles. The molecule has 5 aromatic carbocycles. The number of nitrogens with one attached hydrogen (secondary N) is 2. The molecule has 4 N–H and O–H groups in total. The van der Waals surface area contributed by atoms with E-state index in [-0.39, 0.29) is 28.5 Å². The summed E-state index contributed by atoms with van der Waals surface area (Å²) < 4.78 is 9.27. The van der Waals surface area contributed by atoms with Crippen molar-refractivity contribution < 1.29 is 24.5 Å². The number of amides is 2. The Morgan fingerprint density at radius 1 is 0.674 bits per heavy atom. The van der Waals surface area contributed by atoms with Crippen molar-refractivity contribution in [1.82, 2.24) is 0 Å². The predicted molar refractivity (Wildman–Crippen MR) is 210 cm³/mol. The van der Waals surface area contributed by atoms with Crippen LogP contribution in [0.1, 0.15) is 20.7 Å². The number of benzene rings is 5. The normalized spacial score (nSPS) is 10.4. The number of hydrogen-bond donors (Lipinski definition) is 4. The molecule has 5 aromatic rings. The van der Waals surface area contributed by atoms with E-state index in [1.165, 1.54) is 0 Å². The van der Waals surface area contributed by atoms with Crippen LogP contribution in [-0.2, 0) is 0 Å². The third-order valence-corrected chi connectivity index (χ3v) is 9.46. The topological polar surface area (TPSA) is 108 Å². The summed E-state index contributed by atoms with van der Waals surface area (Å²) in [5, 5.41) is 26.4. The van der Waals surface area contributed by atoms with Crippen molar-refractivity contribution in [3.05, 3.63) is 133 Å². The van der Waals surface area contributed by atoms with Crippen molar-refractivity contribution in [3.8, 4) is 23.0 Å². The second-order valence-corrected chi connectivity index (χ2v) is 15.1. The zero-order chi connectivity index (χ0) is 33.5. The first-order chi connectivity index (χ1) is 21.8. The molecule has 0 saturated heterocycles. The fraction of sp³-hybridized carbons (Fsp3) is 0. The van der Waals surface area contributed by atoms with Gasteiger partial charge in [-0.05, 0) is 152 Å². The molecule has 0 atom stereocenters. The summed E-state index contributed by atoms with van der Waals surface area (Å²) in [6, 6.07) is 25.6. The Morgan fingerprint density at radius 2 is 1.26 bits per heavy atom. The van der Waals surface area contributed by atoms with Crippen molar-refractivity contribution >= 4 is 139 Å². The minimum Gasteiger partial charge on any atom is -0.506 e. The largest absolute Gasteiger partial charge is 0.506 e. The van der Waals surface area contributed by atoms with Gasteiger partial charge in [0.25, 0.3) is 11.8 Å². The zero-order valence-corrected chi connectivity index (χ0v) is 33.5. The third-order valence-electron chi connectivity index (χ3n) is 5.88. The minimum atomic E-state index is -0.425. The molecule has 0 aliphatic rings. The molecule has 0 unspecified atom stereocenters. The first-order valence-corrected chi connectivity index (χ1v) is 18.1. The number of hydrogen-bond acceptors (Lipinski definition) is 5. The lowest BCUT2D eigenvalue weighted by Crippen LogP contribution is -2.12. The monoisotopic (exact) mass is 1070 g/mol. The molecule has 236 valence electrons. The first-order valence-electron chi connectivity index (χ1n) is 12.8. The van der Waals surface area contributed by atoms with Crippen LogP contribution in [0.2, 0.25) is 10.0 Å². The lowest BCUT2D eigenvalue weighted by atomic mass is 10.2. The molecule has 0 spiro atoms. The average Bonchev–Trinajstić information content (AvgIpc) is 3.00. The van der Waals surface area contributed by atoms with Gasteiger partial charge in [-0.25, -0.2) is 0 Å². The Kier molecular flexibility index (Phi) is 13.5. The molecule has 2 amide bonds. The van der Waals surface area contributed by atoms with Gasteiger partial charge < -0.3 is 25.6 Å². The van der Waals surface area contributed by atoms with E-state index < -0.39 is 5.91 Å². The molecule has 0 saturated carbocycles. The zero-order valence-electron chi connectivity index (χ0n) is 22.9. The van der Waals surface area contributed by atoms with Crippen LogP contribution >= 0.6 is 116 Å². The van der Waals surface area contributed by atoms with Gasteiger partial charge >= 0.3 is 0 Å². The summed E-state index contributed by atoms with van der Waals surface area (Å²) in [6.07, 6.45) is 0. The molecule has 7 nitrogen and oxygen atoms in total. The molecule has 0 aromatic heterocycles. The Labute approximate surface area is 326 Å². The molecule has 0 radical (unpaired) electrons. The van der Waals surface area contributed by atoms with Gasteiger partial charge in [-0.1, -0.05) is 55.1 Å². The number of rotatable bonds is 6. The predicted octanol–water partition coefficient (Wildman–Crippen LogP) is 11.9. The van der Waals surface area contributed by atoms with E-state index >= 15 is 0 Å². The number of anilines is 2. The van der Waals surface area contributed by atoms with Crippen LogP contribution < -0.4 is 15.4 Å². The van der Waals surface area contributed by atoms with Crippen LogP contribution in [0, 0.1) is 7.14 Å². The maximum atomic E-state index is 12.5. The third kappa shape index (κ3) is 10.2. The molecule has 0 heterocycles. The molecule has 0 bridgehead atoms. The number of carbonyl (C=O) groups is 2. The summed E-state index contributed by atoms with van der Waals surface area (Å²) in [7, 11) is 0. The van der Waals surface area contributed by atoms with Gasteiger partial charge in [0.15, 0.2) is 0 Å². The van der Waals surface area contributed by atoms with Crippen molar-refractivity contribution in [2.45, 2.75) is 0 Å². The Balaban J connectivity index is 0.000000222. The number of ether oxygens (including phenoxy) is 1. The first kappa shape index (κ1) is 36.8. The second-order valence-electron chi connectivity index (χ2n) is 9.18. The van der Waals surface area contributed by atoms with E-state index in [9.17, 15) is 19.8 Å². The lowest BCUT2D eigenvalue weighted by Gasteiger charge is -2.11. The van der Waals surface area contributed by atoms with Gasteiger partial charge in [-0.3, -0.25) is 9.59 Å². The van der Waals surface area contributed by atoms with Gasteiger partial charge in [0.2, 0.25) is 0 Å². The Morgan fingerprint density at radius 3 is 1.89 bits per heavy atom. The number of halogens is 7. The highest BCUT2D eigenvalue weighted by Crippen LogP contribution is 2.34. The number of phenolic OH excluding ortho intramolecular Hbond substituents is 2. The van der Waals surface area contributed by atoms with Crippen LogP contribution in [0.25, 0.3) is 0 Å². The van der Waals surface area contributed by atoms with Gasteiger partial charge in [0.1, 0.15) is 23.0 Å². The summed E-state index contributed by atoms with van der Waals surface area (Å²) in [4.78, 5) is 24.6. The quantitative estimate of drug-likeness (QED) is 0.127. The Bertz CT molecular complexity index is 1910. The van der Waals surface area contributed by atoms with E-state index in [0.717, 1.165) is 8.04 Å². The maximum Gasteiger partial charge on any atom is 0.259 e. The summed E-state index contributed by atoms with van der Waals surface area (Å²) in [6.45, 7) is 0. The summed E-state index contributed by atoms with van der Waals surface area (Å²) >= 11 is 26.0. The van der Waals surface area contributed by atoms with Crippen LogP contribution in [0.5, 0.6) is 23.0 Å². The number of aromatic hydroxyl groups is 2. The lowest BCUT2D eigenvalue weighted by molar-refractivity contribution is 0.101. The average molecular weight is 1080 g/mol. The summed E-state index contributed by atoms with van der Waals surface area (Å²) in [5.41, 5.74) is 1.54. The highest BCUT2D eigenvalue weighted by molar-refractivity contribution is 14.1. The van der Waals surface area contributed by atoms with Crippen LogP contribution in [-0.4, -0.2) is 22.0 Å².